The van der Waals surface area contributed by atoms with Crippen molar-refractivity contribution < 1.29 is 14.4 Å². The number of hydrogen-bond donors (Lipinski definition) is 3. The van der Waals surface area contributed by atoms with Crippen molar-refractivity contribution in [3.05, 3.63) is 35.9 Å². The molecule has 1 aromatic rings. The van der Waals surface area contributed by atoms with Crippen molar-refractivity contribution in [2.24, 2.45) is 0 Å². The molecule has 0 saturated carbocycles. The summed E-state index contributed by atoms with van der Waals surface area (Å²) in [6, 6.07) is 8.98. The van der Waals surface area contributed by atoms with E-state index in [1.807, 2.05) is 25.1 Å². The van der Waals surface area contributed by atoms with Crippen molar-refractivity contribution >= 4 is 17.7 Å². The molecule has 0 aliphatic heterocycles. The molecule has 6 heteroatoms. The van der Waals surface area contributed by atoms with Crippen LogP contribution < -0.4 is 16.0 Å². The molecule has 0 aliphatic carbocycles. The number of hydrogen-bond acceptors (Lipinski definition) is 3. The Hall–Kier alpha value is -2.37. The normalized spacial score (nSPS) is 9.96. The van der Waals surface area contributed by atoms with Crippen molar-refractivity contribution in [3.8, 4) is 0 Å². The van der Waals surface area contributed by atoms with Gasteiger partial charge in [-0.3, -0.25) is 14.4 Å². The third kappa shape index (κ3) is 8.60. The lowest BCUT2D eigenvalue weighted by molar-refractivity contribution is -0.126. The molecular formula is C17H25N3O3. The first-order valence-electron chi connectivity index (χ1n) is 8.00. The summed E-state index contributed by atoms with van der Waals surface area (Å²) in [6.45, 7) is 3.58. The molecule has 3 amide bonds. The molecule has 0 fully saturated rings. The Morgan fingerprint density at radius 3 is 2.00 bits per heavy atom. The van der Waals surface area contributed by atoms with Crippen LogP contribution in [0.3, 0.4) is 0 Å². The van der Waals surface area contributed by atoms with Gasteiger partial charge >= 0.3 is 0 Å². The molecule has 0 unspecified atom stereocenters. The van der Waals surface area contributed by atoms with Crippen LogP contribution in [-0.2, 0) is 9.59 Å². The molecule has 0 heterocycles. The van der Waals surface area contributed by atoms with Crippen molar-refractivity contribution in [3.63, 3.8) is 0 Å². The highest BCUT2D eigenvalue weighted by molar-refractivity contribution is 5.94. The Morgan fingerprint density at radius 1 is 0.826 bits per heavy atom. The van der Waals surface area contributed by atoms with Gasteiger partial charge in [-0.1, -0.05) is 25.1 Å². The van der Waals surface area contributed by atoms with Crippen molar-refractivity contribution in [2.75, 3.05) is 19.6 Å². The molecule has 126 valence electrons. The second-order valence-corrected chi connectivity index (χ2v) is 5.18. The van der Waals surface area contributed by atoms with E-state index in [1.165, 1.54) is 0 Å². The molecule has 0 saturated heterocycles. The fourth-order valence-corrected chi connectivity index (χ4v) is 1.88. The number of nitrogens with one attached hydrogen (secondary N) is 3. The largest absolute Gasteiger partial charge is 0.356 e. The summed E-state index contributed by atoms with van der Waals surface area (Å²) < 4.78 is 0. The van der Waals surface area contributed by atoms with E-state index < -0.39 is 0 Å². The van der Waals surface area contributed by atoms with E-state index in [2.05, 4.69) is 16.0 Å². The third-order valence-electron chi connectivity index (χ3n) is 3.15. The molecular weight excluding hydrogens is 294 g/mol. The monoisotopic (exact) mass is 319 g/mol. The predicted octanol–water partition coefficient (Wildman–Crippen LogP) is 1.23. The zero-order valence-corrected chi connectivity index (χ0v) is 13.6. The van der Waals surface area contributed by atoms with Crippen molar-refractivity contribution in [1.82, 2.24) is 16.0 Å². The average Bonchev–Trinajstić information content (AvgIpc) is 2.58. The Labute approximate surface area is 137 Å². The Bertz CT molecular complexity index is 503. The standard InChI is InChI=1S/C17H25N3O3/c1-2-11-18-15(21)9-10-16(22)19-12-6-13-20-17(23)14-7-4-3-5-8-14/h3-5,7-8H,2,6,9-13H2,1H3,(H,18,21)(H,19,22)(H,20,23). The second-order valence-electron chi connectivity index (χ2n) is 5.18. The van der Waals surface area contributed by atoms with Gasteiger partial charge in [0.05, 0.1) is 0 Å². The predicted molar refractivity (Wildman–Crippen MR) is 88.9 cm³/mol. The smallest absolute Gasteiger partial charge is 0.251 e. The molecule has 0 aliphatic rings. The van der Waals surface area contributed by atoms with Crippen LogP contribution in [0.2, 0.25) is 0 Å². The van der Waals surface area contributed by atoms with Gasteiger partial charge in [0, 0.05) is 38.0 Å². The van der Waals surface area contributed by atoms with Gasteiger partial charge in [0.25, 0.3) is 5.91 Å². The Kier molecular flexibility index (Phi) is 9.12. The quantitative estimate of drug-likeness (QED) is 0.567. The van der Waals surface area contributed by atoms with Gasteiger partial charge in [-0.25, -0.2) is 0 Å². The Morgan fingerprint density at radius 2 is 1.39 bits per heavy atom. The minimum absolute atomic E-state index is 0.0999. The van der Waals surface area contributed by atoms with Gasteiger partial charge in [0.15, 0.2) is 0 Å². The van der Waals surface area contributed by atoms with E-state index in [0.29, 0.717) is 31.6 Å². The fourth-order valence-electron chi connectivity index (χ4n) is 1.88. The number of carbonyl (C=O) groups is 3. The molecule has 0 bridgehead atoms. The van der Waals surface area contributed by atoms with Crippen LogP contribution in [0, 0.1) is 0 Å². The first-order chi connectivity index (χ1) is 11.1. The van der Waals surface area contributed by atoms with Crippen LogP contribution in [0.15, 0.2) is 30.3 Å². The molecule has 3 N–H and O–H groups in total. The van der Waals surface area contributed by atoms with Crippen LogP contribution in [0.4, 0.5) is 0 Å². The SMILES string of the molecule is CCCNC(=O)CCC(=O)NCCCNC(=O)c1ccccc1. The third-order valence-corrected chi connectivity index (χ3v) is 3.15. The lowest BCUT2D eigenvalue weighted by atomic mass is 10.2. The van der Waals surface area contributed by atoms with Crippen molar-refractivity contribution in [2.45, 2.75) is 32.6 Å². The summed E-state index contributed by atoms with van der Waals surface area (Å²) in [5.74, 6) is -0.368. The maximum atomic E-state index is 11.8. The summed E-state index contributed by atoms with van der Waals surface area (Å²) in [5, 5.41) is 8.25. The van der Waals surface area contributed by atoms with Gasteiger partial charge in [0.1, 0.15) is 0 Å². The fraction of sp³-hybridized carbons (Fsp3) is 0.471. The maximum absolute atomic E-state index is 11.8. The minimum Gasteiger partial charge on any atom is -0.356 e. The highest BCUT2D eigenvalue weighted by Crippen LogP contribution is 1.97. The molecule has 1 rings (SSSR count). The zero-order valence-electron chi connectivity index (χ0n) is 13.6. The van der Waals surface area contributed by atoms with E-state index in [4.69, 9.17) is 0 Å². The highest BCUT2D eigenvalue weighted by Gasteiger charge is 2.06. The van der Waals surface area contributed by atoms with Gasteiger partial charge < -0.3 is 16.0 Å². The van der Waals surface area contributed by atoms with E-state index in [-0.39, 0.29) is 30.6 Å². The highest BCUT2D eigenvalue weighted by atomic mass is 16.2. The van der Waals surface area contributed by atoms with E-state index in [1.54, 1.807) is 12.1 Å². The summed E-state index contributed by atoms with van der Waals surface area (Å²) in [4.78, 5) is 34.7. The lowest BCUT2D eigenvalue weighted by Gasteiger charge is -2.07. The van der Waals surface area contributed by atoms with Gasteiger partial charge in [-0.2, -0.15) is 0 Å². The molecule has 0 aromatic heterocycles. The van der Waals surface area contributed by atoms with Gasteiger partial charge in [-0.15, -0.1) is 0 Å². The van der Waals surface area contributed by atoms with E-state index in [0.717, 1.165) is 6.42 Å². The maximum Gasteiger partial charge on any atom is 0.251 e. The van der Waals surface area contributed by atoms with Crippen LogP contribution in [0.5, 0.6) is 0 Å². The lowest BCUT2D eigenvalue weighted by Crippen LogP contribution is -2.31. The zero-order chi connectivity index (χ0) is 16.9. The van der Waals surface area contributed by atoms with Crippen LogP contribution in [-0.4, -0.2) is 37.4 Å². The van der Waals surface area contributed by atoms with E-state index in [9.17, 15) is 14.4 Å². The van der Waals surface area contributed by atoms with Gasteiger partial charge in [-0.05, 0) is 25.0 Å². The van der Waals surface area contributed by atoms with Crippen molar-refractivity contribution in [1.29, 1.82) is 0 Å². The molecule has 0 atom stereocenters. The van der Waals surface area contributed by atoms with Gasteiger partial charge in [0.2, 0.25) is 11.8 Å². The molecule has 6 nitrogen and oxygen atoms in total. The number of rotatable bonds is 10. The number of amides is 3. The minimum atomic E-state index is -0.147. The van der Waals surface area contributed by atoms with E-state index >= 15 is 0 Å². The topological polar surface area (TPSA) is 87.3 Å². The van der Waals surface area contributed by atoms with Crippen LogP contribution >= 0.6 is 0 Å². The first-order valence-corrected chi connectivity index (χ1v) is 8.00. The molecule has 0 radical (unpaired) electrons. The molecule has 1 aromatic carbocycles. The Balaban J connectivity index is 2.05. The summed E-state index contributed by atoms with van der Waals surface area (Å²) in [7, 11) is 0. The summed E-state index contributed by atoms with van der Waals surface area (Å²) in [6.07, 6.45) is 1.92. The number of benzene rings is 1. The molecule has 23 heavy (non-hydrogen) atoms. The average molecular weight is 319 g/mol. The summed E-state index contributed by atoms with van der Waals surface area (Å²) in [5.41, 5.74) is 0.620. The molecule has 0 spiro atoms. The van der Waals surface area contributed by atoms with Crippen LogP contribution in [0.1, 0.15) is 43.0 Å². The second kappa shape index (κ2) is 11.2. The number of carbonyl (C=O) groups excluding carboxylic acids is 3. The van der Waals surface area contributed by atoms with Crippen LogP contribution in [0.25, 0.3) is 0 Å². The summed E-state index contributed by atoms with van der Waals surface area (Å²) >= 11 is 0. The first kappa shape index (κ1) is 18.7.